The molecule has 4 rings (SSSR count). The Morgan fingerprint density at radius 2 is 1.62 bits per heavy atom. The minimum Gasteiger partial charge on any atom is -0.391 e. The molecule has 5 heteroatoms. The first-order valence-corrected chi connectivity index (χ1v) is 10.8. The van der Waals surface area contributed by atoms with Gasteiger partial charge in [0.15, 0.2) is 0 Å². The molecule has 0 radical (unpaired) electrons. The fourth-order valence-corrected chi connectivity index (χ4v) is 3.79. The standard InChI is InChI=1S/C27H27N3O2/c1-3-22(31)17-28-27(32)29-21-14-15-24-23(16-21)18(2)25(19-10-6-4-7-11-19)26(30-24)20-12-8-5-9-13-20/h4-16,22,31H,3,17H2,1-2H3,(H2,28,29,32)/t22-/m1/s1. The van der Waals surface area contributed by atoms with Crippen LogP contribution >= 0.6 is 0 Å². The van der Waals surface area contributed by atoms with Gasteiger partial charge in [-0.3, -0.25) is 0 Å². The fourth-order valence-electron chi connectivity index (χ4n) is 3.79. The Hall–Kier alpha value is -3.70. The zero-order valence-corrected chi connectivity index (χ0v) is 18.3. The van der Waals surface area contributed by atoms with Crippen molar-refractivity contribution in [2.45, 2.75) is 26.4 Å². The molecule has 0 saturated heterocycles. The van der Waals surface area contributed by atoms with E-state index >= 15 is 0 Å². The molecule has 0 saturated carbocycles. The third kappa shape index (κ3) is 4.63. The van der Waals surface area contributed by atoms with Gasteiger partial charge < -0.3 is 15.7 Å². The first-order valence-electron chi connectivity index (χ1n) is 10.8. The van der Waals surface area contributed by atoms with Crippen LogP contribution in [0.15, 0.2) is 78.9 Å². The second-order valence-electron chi connectivity index (χ2n) is 7.82. The third-order valence-electron chi connectivity index (χ3n) is 5.58. The van der Waals surface area contributed by atoms with Crippen LogP contribution in [0.2, 0.25) is 0 Å². The number of pyridine rings is 1. The molecule has 5 nitrogen and oxygen atoms in total. The van der Waals surface area contributed by atoms with Crippen LogP contribution in [0, 0.1) is 6.92 Å². The summed E-state index contributed by atoms with van der Waals surface area (Å²) in [7, 11) is 0. The maximum atomic E-state index is 12.2. The van der Waals surface area contributed by atoms with Crippen LogP contribution in [0.25, 0.3) is 33.3 Å². The van der Waals surface area contributed by atoms with E-state index in [9.17, 15) is 9.90 Å². The summed E-state index contributed by atoms with van der Waals surface area (Å²) in [6.45, 7) is 4.19. The van der Waals surface area contributed by atoms with Gasteiger partial charge in [-0.2, -0.15) is 0 Å². The number of aliphatic hydroxyl groups is 1. The number of fused-ring (bicyclic) bond motifs is 1. The number of aromatic nitrogens is 1. The molecule has 2 amide bonds. The summed E-state index contributed by atoms with van der Waals surface area (Å²) in [5, 5.41) is 16.2. The highest BCUT2D eigenvalue weighted by molar-refractivity contribution is 5.98. The van der Waals surface area contributed by atoms with Crippen LogP contribution in [0.3, 0.4) is 0 Å². The van der Waals surface area contributed by atoms with E-state index in [4.69, 9.17) is 4.98 Å². The topological polar surface area (TPSA) is 74.2 Å². The van der Waals surface area contributed by atoms with Crippen molar-refractivity contribution in [2.75, 3.05) is 11.9 Å². The number of hydrogen-bond acceptors (Lipinski definition) is 3. The second-order valence-corrected chi connectivity index (χ2v) is 7.82. The molecule has 4 aromatic rings. The van der Waals surface area contributed by atoms with E-state index in [0.717, 1.165) is 38.9 Å². The Morgan fingerprint density at radius 3 is 2.28 bits per heavy atom. The van der Waals surface area contributed by atoms with Crippen molar-refractivity contribution in [1.82, 2.24) is 10.3 Å². The van der Waals surface area contributed by atoms with Gasteiger partial charge in [0.05, 0.1) is 17.3 Å². The predicted molar refractivity (Wildman–Crippen MR) is 131 cm³/mol. The summed E-state index contributed by atoms with van der Waals surface area (Å²) in [6, 6.07) is 25.8. The highest BCUT2D eigenvalue weighted by Crippen LogP contribution is 2.37. The maximum absolute atomic E-state index is 12.2. The number of hydrogen-bond donors (Lipinski definition) is 3. The second kappa shape index (κ2) is 9.62. The molecule has 0 aliphatic rings. The summed E-state index contributed by atoms with van der Waals surface area (Å²) in [4.78, 5) is 17.2. The van der Waals surface area contributed by atoms with E-state index in [1.807, 2.05) is 61.5 Å². The molecule has 1 atom stereocenters. The quantitative estimate of drug-likeness (QED) is 0.367. The number of benzene rings is 3. The van der Waals surface area contributed by atoms with Gasteiger partial charge in [0.2, 0.25) is 0 Å². The van der Waals surface area contributed by atoms with E-state index in [1.54, 1.807) is 0 Å². The monoisotopic (exact) mass is 425 g/mol. The summed E-state index contributed by atoms with van der Waals surface area (Å²) >= 11 is 0. The van der Waals surface area contributed by atoms with Crippen LogP contribution in [0.1, 0.15) is 18.9 Å². The molecule has 1 aromatic heterocycles. The minimum absolute atomic E-state index is 0.217. The van der Waals surface area contributed by atoms with Crippen LogP contribution in [-0.2, 0) is 0 Å². The predicted octanol–water partition coefficient (Wildman–Crippen LogP) is 5.77. The number of aliphatic hydroxyl groups excluding tert-OH is 1. The first-order chi connectivity index (χ1) is 15.6. The molecule has 32 heavy (non-hydrogen) atoms. The van der Waals surface area contributed by atoms with Gasteiger partial charge >= 0.3 is 6.03 Å². The fraction of sp³-hybridized carbons (Fsp3) is 0.185. The summed E-state index contributed by atoms with van der Waals surface area (Å²) < 4.78 is 0. The van der Waals surface area contributed by atoms with Gasteiger partial charge in [0.25, 0.3) is 0 Å². The van der Waals surface area contributed by atoms with Crippen molar-refractivity contribution in [2.24, 2.45) is 0 Å². The number of rotatable bonds is 6. The number of nitrogens with one attached hydrogen (secondary N) is 2. The van der Waals surface area contributed by atoms with E-state index in [1.165, 1.54) is 0 Å². The van der Waals surface area contributed by atoms with Crippen LogP contribution < -0.4 is 10.6 Å². The molecule has 162 valence electrons. The Labute approximate surface area is 188 Å². The van der Waals surface area contributed by atoms with Crippen molar-refractivity contribution in [3.63, 3.8) is 0 Å². The molecule has 0 aliphatic heterocycles. The van der Waals surface area contributed by atoms with E-state index in [-0.39, 0.29) is 12.6 Å². The van der Waals surface area contributed by atoms with Gasteiger partial charge in [-0.1, -0.05) is 67.6 Å². The third-order valence-corrected chi connectivity index (χ3v) is 5.58. The number of carbonyl (C=O) groups is 1. The van der Waals surface area contributed by atoms with Gasteiger partial charge in [-0.25, -0.2) is 9.78 Å². The van der Waals surface area contributed by atoms with E-state index in [0.29, 0.717) is 12.1 Å². The highest BCUT2D eigenvalue weighted by Gasteiger charge is 2.16. The molecule has 0 unspecified atom stereocenters. The average molecular weight is 426 g/mol. The number of urea groups is 1. The first kappa shape index (κ1) is 21.5. The van der Waals surface area contributed by atoms with Gasteiger partial charge in [-0.05, 0) is 42.7 Å². The Kier molecular flexibility index (Phi) is 6.47. The van der Waals surface area contributed by atoms with Crippen LogP contribution in [0.5, 0.6) is 0 Å². The summed E-state index contributed by atoms with van der Waals surface area (Å²) in [6.07, 6.45) is 0.0428. The lowest BCUT2D eigenvalue weighted by atomic mass is 9.92. The largest absolute Gasteiger partial charge is 0.391 e. The molecule has 3 aromatic carbocycles. The lowest BCUT2D eigenvalue weighted by Crippen LogP contribution is -2.34. The van der Waals surface area contributed by atoms with Crippen LogP contribution in [-0.4, -0.2) is 28.8 Å². The van der Waals surface area contributed by atoms with Crippen molar-refractivity contribution in [1.29, 1.82) is 0 Å². The van der Waals surface area contributed by atoms with Crippen LogP contribution in [0.4, 0.5) is 10.5 Å². The molecule has 0 aliphatic carbocycles. The molecular formula is C27H27N3O2. The molecule has 1 heterocycles. The van der Waals surface area contributed by atoms with E-state index < -0.39 is 6.10 Å². The lowest BCUT2D eigenvalue weighted by Gasteiger charge is -2.17. The smallest absolute Gasteiger partial charge is 0.319 e. The zero-order chi connectivity index (χ0) is 22.5. The lowest BCUT2D eigenvalue weighted by molar-refractivity contribution is 0.168. The molecule has 3 N–H and O–H groups in total. The Bertz CT molecular complexity index is 1220. The maximum Gasteiger partial charge on any atom is 0.319 e. The normalized spacial score (nSPS) is 11.8. The number of amides is 2. The molecule has 0 bridgehead atoms. The summed E-state index contributed by atoms with van der Waals surface area (Å²) in [5.74, 6) is 0. The summed E-state index contributed by atoms with van der Waals surface area (Å²) in [5.41, 5.74) is 6.83. The average Bonchev–Trinajstić information content (AvgIpc) is 2.83. The van der Waals surface area contributed by atoms with Gasteiger partial charge in [0, 0.05) is 28.7 Å². The Balaban J connectivity index is 1.77. The minimum atomic E-state index is -0.548. The van der Waals surface area contributed by atoms with Crippen molar-refractivity contribution in [3.8, 4) is 22.4 Å². The molecule has 0 spiro atoms. The number of carbonyl (C=O) groups excluding carboxylic acids is 1. The molecular weight excluding hydrogens is 398 g/mol. The molecule has 0 fully saturated rings. The van der Waals surface area contributed by atoms with Gasteiger partial charge in [-0.15, -0.1) is 0 Å². The number of aryl methyl sites for hydroxylation is 1. The van der Waals surface area contributed by atoms with Crippen molar-refractivity contribution >= 4 is 22.6 Å². The Morgan fingerprint density at radius 1 is 0.969 bits per heavy atom. The zero-order valence-electron chi connectivity index (χ0n) is 18.3. The number of nitrogens with zero attached hydrogens (tertiary/aromatic N) is 1. The van der Waals surface area contributed by atoms with Gasteiger partial charge in [0.1, 0.15) is 0 Å². The van der Waals surface area contributed by atoms with E-state index in [2.05, 4.69) is 41.8 Å². The van der Waals surface area contributed by atoms with Crippen molar-refractivity contribution in [3.05, 3.63) is 84.4 Å². The number of anilines is 1. The van der Waals surface area contributed by atoms with Crippen molar-refractivity contribution < 1.29 is 9.90 Å². The SMILES string of the molecule is CC[C@@H](O)CNC(=O)Nc1ccc2nc(-c3ccccc3)c(-c3ccccc3)c(C)c2c1. The highest BCUT2D eigenvalue weighted by atomic mass is 16.3.